The zero-order valence-electron chi connectivity index (χ0n) is 14.1. The molecule has 2 aliphatic heterocycles. The summed E-state index contributed by atoms with van der Waals surface area (Å²) in [5.74, 6) is 0.128. The number of fused-ring (bicyclic) bond motifs is 1. The fraction of sp³-hybridized carbons (Fsp3) is 0.611. The van der Waals surface area contributed by atoms with E-state index in [1.54, 1.807) is 15.3 Å². The Kier molecular flexibility index (Phi) is 3.73. The Morgan fingerprint density at radius 1 is 1.04 bits per heavy atom. The van der Waals surface area contributed by atoms with Gasteiger partial charge in [-0.2, -0.15) is 4.31 Å². The van der Waals surface area contributed by atoms with E-state index < -0.39 is 10.0 Å². The third kappa shape index (κ3) is 2.39. The van der Waals surface area contributed by atoms with Crippen LogP contribution in [0.2, 0.25) is 0 Å². The zero-order chi connectivity index (χ0) is 16.9. The average molecular weight is 348 g/mol. The molecular formula is C18H24N2O3S. The van der Waals surface area contributed by atoms with Crippen molar-refractivity contribution in [3.63, 3.8) is 0 Å². The molecule has 5 nitrogen and oxygen atoms in total. The first-order valence-electron chi connectivity index (χ1n) is 8.81. The number of sulfonamides is 1. The predicted molar refractivity (Wildman–Crippen MR) is 91.2 cm³/mol. The molecule has 1 atom stereocenters. The Hall–Kier alpha value is -1.40. The van der Waals surface area contributed by atoms with Crippen molar-refractivity contribution < 1.29 is 13.2 Å². The molecule has 0 N–H and O–H groups in total. The molecule has 2 fully saturated rings. The lowest BCUT2D eigenvalue weighted by atomic mass is 9.92. The first kappa shape index (κ1) is 16.1. The summed E-state index contributed by atoms with van der Waals surface area (Å²) in [6, 6.07) is 5.62. The number of rotatable bonds is 2. The molecule has 1 aromatic rings. The minimum Gasteiger partial charge on any atom is -0.339 e. The highest BCUT2D eigenvalue weighted by Gasteiger charge is 2.50. The molecule has 4 rings (SSSR count). The molecule has 3 aliphatic rings. The number of likely N-dealkylation sites (tertiary alicyclic amines) is 1. The van der Waals surface area contributed by atoms with Crippen LogP contribution >= 0.6 is 0 Å². The molecule has 0 unspecified atom stereocenters. The van der Waals surface area contributed by atoms with Crippen molar-refractivity contribution in [2.24, 2.45) is 0 Å². The molecule has 1 aromatic carbocycles. The van der Waals surface area contributed by atoms with Crippen molar-refractivity contribution in [1.29, 1.82) is 0 Å². The summed E-state index contributed by atoms with van der Waals surface area (Å²) in [5, 5.41) is 0. The SMILES string of the molecule is CN1C(=O)CC[C@@]12CCN(S(=O)(=O)c1ccc3c(c1)CCCC3)C2. The Bertz CT molecular complexity index is 789. The molecule has 1 aliphatic carbocycles. The van der Waals surface area contributed by atoms with Crippen LogP contribution in [-0.4, -0.2) is 49.2 Å². The van der Waals surface area contributed by atoms with Crippen LogP contribution in [0.3, 0.4) is 0 Å². The van der Waals surface area contributed by atoms with Gasteiger partial charge < -0.3 is 4.90 Å². The van der Waals surface area contributed by atoms with Crippen LogP contribution in [0.25, 0.3) is 0 Å². The van der Waals surface area contributed by atoms with Crippen LogP contribution in [0.1, 0.15) is 43.2 Å². The molecule has 130 valence electrons. The number of likely N-dealkylation sites (N-methyl/N-ethyl adjacent to an activating group) is 1. The molecule has 2 saturated heterocycles. The molecule has 0 bridgehead atoms. The number of nitrogens with zero attached hydrogens (tertiary/aromatic N) is 2. The summed E-state index contributed by atoms with van der Waals surface area (Å²) >= 11 is 0. The molecule has 0 saturated carbocycles. The highest BCUT2D eigenvalue weighted by atomic mass is 32.2. The van der Waals surface area contributed by atoms with Crippen LogP contribution in [0.15, 0.2) is 23.1 Å². The summed E-state index contributed by atoms with van der Waals surface area (Å²) < 4.78 is 27.7. The van der Waals surface area contributed by atoms with Gasteiger partial charge in [-0.05, 0) is 61.8 Å². The van der Waals surface area contributed by atoms with Crippen LogP contribution in [0.4, 0.5) is 0 Å². The second kappa shape index (κ2) is 5.56. The third-order valence-electron chi connectivity index (χ3n) is 6.14. The van der Waals surface area contributed by atoms with E-state index in [1.165, 1.54) is 17.5 Å². The standard InChI is InChI=1S/C18H24N2O3S/c1-19-17(21)8-9-18(19)10-11-20(13-18)24(22,23)16-7-6-14-4-2-3-5-15(14)12-16/h6-7,12H,2-5,8-11,13H2,1H3/t18-/m0/s1. The summed E-state index contributed by atoms with van der Waals surface area (Å²) in [7, 11) is -1.67. The number of carbonyl (C=O) groups is 1. The first-order chi connectivity index (χ1) is 11.4. The highest BCUT2D eigenvalue weighted by molar-refractivity contribution is 7.89. The minimum absolute atomic E-state index is 0.128. The molecule has 1 amide bonds. The molecule has 0 aromatic heterocycles. The Morgan fingerprint density at radius 2 is 1.79 bits per heavy atom. The van der Waals surface area contributed by atoms with Crippen molar-refractivity contribution in [3.8, 4) is 0 Å². The van der Waals surface area contributed by atoms with Crippen molar-refractivity contribution in [2.75, 3.05) is 20.1 Å². The second-order valence-corrected chi connectivity index (χ2v) is 9.34. The lowest BCUT2D eigenvalue weighted by molar-refractivity contribution is -0.129. The van der Waals surface area contributed by atoms with Crippen LogP contribution < -0.4 is 0 Å². The monoisotopic (exact) mass is 348 g/mol. The maximum absolute atomic E-state index is 13.1. The van der Waals surface area contributed by atoms with Gasteiger partial charge in [0.25, 0.3) is 0 Å². The number of hydrogen-bond donors (Lipinski definition) is 0. The highest BCUT2D eigenvalue weighted by Crippen LogP contribution is 2.39. The molecule has 0 radical (unpaired) electrons. The van der Waals surface area contributed by atoms with E-state index in [1.807, 2.05) is 19.2 Å². The van der Waals surface area contributed by atoms with Crippen LogP contribution in [0.5, 0.6) is 0 Å². The summed E-state index contributed by atoms with van der Waals surface area (Å²) in [6.07, 6.45) is 6.38. The molecule has 24 heavy (non-hydrogen) atoms. The Labute approximate surface area is 143 Å². The van der Waals surface area contributed by atoms with Gasteiger partial charge in [-0.15, -0.1) is 0 Å². The summed E-state index contributed by atoms with van der Waals surface area (Å²) in [4.78, 5) is 14.1. The van der Waals surface area contributed by atoms with E-state index in [4.69, 9.17) is 0 Å². The van der Waals surface area contributed by atoms with E-state index in [2.05, 4.69) is 0 Å². The lowest BCUT2D eigenvalue weighted by Crippen LogP contribution is -2.46. The number of amides is 1. The Morgan fingerprint density at radius 3 is 2.50 bits per heavy atom. The average Bonchev–Trinajstić information content (AvgIpc) is 3.15. The summed E-state index contributed by atoms with van der Waals surface area (Å²) in [5.41, 5.74) is 2.18. The smallest absolute Gasteiger partial charge is 0.243 e. The van der Waals surface area contributed by atoms with E-state index in [9.17, 15) is 13.2 Å². The third-order valence-corrected chi connectivity index (χ3v) is 7.99. The van der Waals surface area contributed by atoms with Gasteiger partial charge in [-0.3, -0.25) is 4.79 Å². The fourth-order valence-corrected chi connectivity index (χ4v) is 6.03. The number of benzene rings is 1. The maximum atomic E-state index is 13.1. The molecule has 2 heterocycles. The van der Waals surface area contributed by atoms with Gasteiger partial charge in [0, 0.05) is 26.6 Å². The van der Waals surface area contributed by atoms with Crippen molar-refractivity contribution >= 4 is 15.9 Å². The topological polar surface area (TPSA) is 57.7 Å². The summed E-state index contributed by atoms with van der Waals surface area (Å²) in [6.45, 7) is 0.922. The van der Waals surface area contributed by atoms with Crippen molar-refractivity contribution in [2.45, 2.75) is 55.4 Å². The van der Waals surface area contributed by atoms with Gasteiger partial charge in [0.15, 0.2) is 0 Å². The minimum atomic E-state index is -3.48. The first-order valence-corrected chi connectivity index (χ1v) is 10.3. The van der Waals surface area contributed by atoms with Crippen molar-refractivity contribution in [1.82, 2.24) is 9.21 Å². The molecular weight excluding hydrogens is 324 g/mol. The van der Waals surface area contributed by atoms with Gasteiger partial charge in [-0.1, -0.05) is 6.07 Å². The zero-order valence-corrected chi connectivity index (χ0v) is 14.9. The van der Waals surface area contributed by atoms with Gasteiger partial charge in [0.2, 0.25) is 15.9 Å². The number of hydrogen-bond acceptors (Lipinski definition) is 3. The van der Waals surface area contributed by atoms with Crippen LogP contribution in [0, 0.1) is 0 Å². The lowest BCUT2D eigenvalue weighted by Gasteiger charge is -2.32. The normalized spacial score (nSPS) is 27.9. The number of aryl methyl sites for hydroxylation is 2. The second-order valence-electron chi connectivity index (χ2n) is 7.40. The number of carbonyl (C=O) groups excluding carboxylic acids is 1. The molecule has 1 spiro atoms. The fourth-order valence-electron chi connectivity index (χ4n) is 4.46. The van der Waals surface area contributed by atoms with E-state index in [-0.39, 0.29) is 11.4 Å². The quantitative estimate of drug-likeness (QED) is 0.821. The van der Waals surface area contributed by atoms with Gasteiger partial charge in [0.05, 0.1) is 10.4 Å². The predicted octanol–water partition coefficient (Wildman–Crippen LogP) is 1.95. The van der Waals surface area contributed by atoms with E-state index in [0.717, 1.165) is 32.1 Å². The maximum Gasteiger partial charge on any atom is 0.243 e. The van der Waals surface area contributed by atoms with Gasteiger partial charge in [-0.25, -0.2) is 8.42 Å². The van der Waals surface area contributed by atoms with Crippen LogP contribution in [-0.2, 0) is 27.7 Å². The van der Waals surface area contributed by atoms with Gasteiger partial charge in [0.1, 0.15) is 0 Å². The van der Waals surface area contributed by atoms with E-state index in [0.29, 0.717) is 24.4 Å². The largest absolute Gasteiger partial charge is 0.339 e. The molecule has 6 heteroatoms. The van der Waals surface area contributed by atoms with Crippen molar-refractivity contribution in [3.05, 3.63) is 29.3 Å². The van der Waals surface area contributed by atoms with Gasteiger partial charge >= 0.3 is 0 Å². The van der Waals surface area contributed by atoms with E-state index >= 15 is 0 Å². The Balaban J connectivity index is 1.61.